The maximum absolute atomic E-state index is 12.5. The molecule has 0 saturated heterocycles. The van der Waals surface area contributed by atoms with E-state index in [1.54, 1.807) is 36.4 Å². The predicted octanol–water partition coefficient (Wildman–Crippen LogP) is 6.52. The second-order valence-electron chi connectivity index (χ2n) is 5.94. The van der Waals surface area contributed by atoms with Crippen molar-refractivity contribution in [2.24, 2.45) is 0 Å². The van der Waals surface area contributed by atoms with Gasteiger partial charge in [-0.15, -0.1) is 0 Å². The number of halogens is 1. The Balaban J connectivity index is 1.58. The van der Waals surface area contributed by atoms with Crippen LogP contribution < -0.4 is 4.74 Å². The third kappa shape index (κ3) is 3.32. The molecule has 0 bridgehead atoms. The van der Waals surface area contributed by atoms with Gasteiger partial charge in [0.2, 0.25) is 0 Å². The Hall–Kier alpha value is -3.10. The molecule has 0 aliphatic carbocycles. The van der Waals surface area contributed by atoms with Crippen LogP contribution in [0.2, 0.25) is 5.02 Å². The summed E-state index contributed by atoms with van der Waals surface area (Å²) in [4.78, 5) is 12.5. The SMILES string of the molecule is O=C(c1ccc(Cl)cc1)c1ccc(Oc2cccc3ccccc23)cc1. The van der Waals surface area contributed by atoms with Crippen molar-refractivity contribution in [2.45, 2.75) is 0 Å². The van der Waals surface area contributed by atoms with Gasteiger partial charge in [-0.2, -0.15) is 0 Å². The quantitative estimate of drug-likeness (QED) is 0.388. The molecule has 0 aliphatic rings. The van der Waals surface area contributed by atoms with Crippen LogP contribution in [0.15, 0.2) is 91.0 Å². The van der Waals surface area contributed by atoms with Gasteiger partial charge in [0.15, 0.2) is 5.78 Å². The van der Waals surface area contributed by atoms with E-state index in [4.69, 9.17) is 16.3 Å². The minimum absolute atomic E-state index is 0.0432. The molecule has 0 saturated carbocycles. The molecule has 0 aromatic heterocycles. The lowest BCUT2D eigenvalue weighted by Crippen LogP contribution is -2.00. The lowest BCUT2D eigenvalue weighted by Gasteiger charge is -2.09. The zero-order valence-electron chi connectivity index (χ0n) is 13.9. The van der Waals surface area contributed by atoms with Gasteiger partial charge in [0, 0.05) is 21.5 Å². The number of ketones is 1. The predicted molar refractivity (Wildman–Crippen MR) is 105 cm³/mol. The van der Waals surface area contributed by atoms with Gasteiger partial charge in [-0.25, -0.2) is 0 Å². The lowest BCUT2D eigenvalue weighted by atomic mass is 10.0. The molecular weight excluding hydrogens is 344 g/mol. The summed E-state index contributed by atoms with van der Waals surface area (Å²) >= 11 is 5.87. The Bertz CT molecular complexity index is 1060. The number of benzene rings is 4. The summed E-state index contributed by atoms with van der Waals surface area (Å²) in [5.74, 6) is 1.44. The van der Waals surface area contributed by atoms with Gasteiger partial charge in [0.1, 0.15) is 11.5 Å². The summed E-state index contributed by atoms with van der Waals surface area (Å²) in [6, 6.07) is 28.1. The van der Waals surface area contributed by atoms with Crippen LogP contribution in [0.1, 0.15) is 15.9 Å². The third-order valence-corrected chi connectivity index (χ3v) is 4.45. The first-order valence-electron chi connectivity index (χ1n) is 8.27. The Kier molecular flexibility index (Phi) is 4.42. The van der Waals surface area contributed by atoms with Crippen LogP contribution in [-0.4, -0.2) is 5.78 Å². The summed E-state index contributed by atoms with van der Waals surface area (Å²) in [6.45, 7) is 0. The number of hydrogen-bond acceptors (Lipinski definition) is 2. The number of carbonyl (C=O) groups is 1. The van der Waals surface area contributed by atoms with Crippen LogP contribution in [0.5, 0.6) is 11.5 Å². The van der Waals surface area contributed by atoms with Crippen molar-refractivity contribution in [3.8, 4) is 11.5 Å². The lowest BCUT2D eigenvalue weighted by molar-refractivity contribution is 0.103. The first-order chi connectivity index (χ1) is 12.7. The second-order valence-corrected chi connectivity index (χ2v) is 6.38. The zero-order valence-corrected chi connectivity index (χ0v) is 14.6. The normalized spacial score (nSPS) is 10.7. The van der Waals surface area contributed by atoms with Crippen molar-refractivity contribution in [2.75, 3.05) is 0 Å². The fourth-order valence-corrected chi connectivity index (χ4v) is 2.98. The highest BCUT2D eigenvalue weighted by atomic mass is 35.5. The fraction of sp³-hybridized carbons (Fsp3) is 0. The summed E-state index contributed by atoms with van der Waals surface area (Å²) in [5.41, 5.74) is 1.22. The molecular formula is C23H15ClO2. The Morgan fingerprint density at radius 3 is 2.04 bits per heavy atom. The topological polar surface area (TPSA) is 26.3 Å². The number of fused-ring (bicyclic) bond motifs is 1. The Labute approximate surface area is 156 Å². The Morgan fingerprint density at radius 1 is 0.692 bits per heavy atom. The summed E-state index contributed by atoms with van der Waals surface area (Å²) in [6.07, 6.45) is 0. The standard InChI is InChI=1S/C23H15ClO2/c24-19-12-8-17(9-13-19)23(25)18-10-14-20(15-11-18)26-22-7-3-5-16-4-1-2-6-21(16)22/h1-15H. The van der Waals surface area contributed by atoms with E-state index in [2.05, 4.69) is 12.1 Å². The van der Waals surface area contributed by atoms with Crippen LogP contribution in [-0.2, 0) is 0 Å². The number of rotatable bonds is 4. The van der Waals surface area contributed by atoms with Crippen LogP contribution in [0.3, 0.4) is 0 Å². The van der Waals surface area contributed by atoms with Crippen LogP contribution in [0, 0.1) is 0 Å². The molecule has 0 fully saturated rings. The molecule has 4 rings (SSSR count). The summed E-state index contributed by atoms with van der Waals surface area (Å²) in [7, 11) is 0. The van der Waals surface area contributed by atoms with Crippen LogP contribution in [0.4, 0.5) is 0 Å². The molecule has 0 unspecified atom stereocenters. The summed E-state index contributed by atoms with van der Waals surface area (Å²) < 4.78 is 6.02. The highest BCUT2D eigenvalue weighted by Crippen LogP contribution is 2.30. The van der Waals surface area contributed by atoms with Gasteiger partial charge in [-0.3, -0.25) is 4.79 Å². The van der Waals surface area contributed by atoms with Crippen molar-refractivity contribution in [1.29, 1.82) is 0 Å². The largest absolute Gasteiger partial charge is 0.457 e. The van der Waals surface area contributed by atoms with Crippen molar-refractivity contribution < 1.29 is 9.53 Å². The van der Waals surface area contributed by atoms with Crippen LogP contribution >= 0.6 is 11.6 Å². The number of hydrogen-bond donors (Lipinski definition) is 0. The number of carbonyl (C=O) groups excluding carboxylic acids is 1. The van der Waals surface area contributed by atoms with Gasteiger partial charge >= 0.3 is 0 Å². The molecule has 0 spiro atoms. The van der Waals surface area contributed by atoms with E-state index in [1.165, 1.54) is 0 Å². The van der Waals surface area contributed by atoms with E-state index in [9.17, 15) is 4.79 Å². The maximum Gasteiger partial charge on any atom is 0.193 e. The smallest absolute Gasteiger partial charge is 0.193 e. The average molecular weight is 359 g/mol. The molecule has 0 N–H and O–H groups in total. The highest BCUT2D eigenvalue weighted by Gasteiger charge is 2.09. The van der Waals surface area contributed by atoms with E-state index in [-0.39, 0.29) is 5.78 Å². The minimum Gasteiger partial charge on any atom is -0.457 e. The van der Waals surface area contributed by atoms with E-state index in [0.29, 0.717) is 21.9 Å². The van der Waals surface area contributed by atoms with Gasteiger partial charge in [-0.05, 0) is 60.0 Å². The number of ether oxygens (including phenoxy) is 1. The highest BCUT2D eigenvalue weighted by molar-refractivity contribution is 6.30. The Morgan fingerprint density at radius 2 is 1.31 bits per heavy atom. The zero-order chi connectivity index (χ0) is 17.9. The minimum atomic E-state index is -0.0432. The average Bonchev–Trinajstić information content (AvgIpc) is 2.69. The van der Waals surface area contributed by atoms with Crippen LogP contribution in [0.25, 0.3) is 10.8 Å². The van der Waals surface area contributed by atoms with Gasteiger partial charge in [-0.1, -0.05) is 48.0 Å². The molecule has 0 atom stereocenters. The van der Waals surface area contributed by atoms with Crippen molar-refractivity contribution in [3.63, 3.8) is 0 Å². The summed E-state index contributed by atoms with van der Waals surface area (Å²) in [5, 5.41) is 2.79. The fourth-order valence-electron chi connectivity index (χ4n) is 2.85. The first kappa shape index (κ1) is 16.4. The van der Waals surface area contributed by atoms with Gasteiger partial charge < -0.3 is 4.74 Å². The molecule has 4 aromatic rings. The van der Waals surface area contributed by atoms with E-state index in [0.717, 1.165) is 16.5 Å². The van der Waals surface area contributed by atoms with E-state index >= 15 is 0 Å². The second kappa shape index (κ2) is 7.03. The van der Waals surface area contributed by atoms with E-state index < -0.39 is 0 Å². The van der Waals surface area contributed by atoms with E-state index in [1.807, 2.05) is 42.5 Å². The molecule has 26 heavy (non-hydrogen) atoms. The van der Waals surface area contributed by atoms with Crippen molar-refractivity contribution in [3.05, 3.63) is 107 Å². The molecule has 0 amide bonds. The monoisotopic (exact) mass is 358 g/mol. The van der Waals surface area contributed by atoms with Crippen molar-refractivity contribution in [1.82, 2.24) is 0 Å². The molecule has 0 aliphatic heterocycles. The van der Waals surface area contributed by atoms with Gasteiger partial charge in [0.25, 0.3) is 0 Å². The van der Waals surface area contributed by atoms with Crippen molar-refractivity contribution >= 4 is 28.2 Å². The molecule has 0 heterocycles. The molecule has 3 heteroatoms. The molecule has 4 aromatic carbocycles. The molecule has 2 nitrogen and oxygen atoms in total. The molecule has 126 valence electrons. The third-order valence-electron chi connectivity index (χ3n) is 4.20. The molecule has 0 radical (unpaired) electrons. The van der Waals surface area contributed by atoms with Gasteiger partial charge in [0.05, 0.1) is 0 Å². The first-order valence-corrected chi connectivity index (χ1v) is 8.64. The maximum atomic E-state index is 12.5.